The molecule has 3 N–H and O–H groups in total. The molecular formula is C17H24N3O2+. The van der Waals surface area contributed by atoms with Crippen LogP contribution in [0.25, 0.3) is 0 Å². The van der Waals surface area contributed by atoms with Crippen LogP contribution in [0.4, 0.5) is 5.69 Å². The first kappa shape index (κ1) is 15.0. The lowest BCUT2D eigenvalue weighted by atomic mass is 10.1. The second-order valence-electron chi connectivity index (χ2n) is 6.54. The normalized spacial score (nSPS) is 17.7. The second kappa shape index (κ2) is 6.48. The van der Waals surface area contributed by atoms with Crippen LogP contribution in [0.5, 0.6) is 0 Å². The molecule has 2 amide bonds. The van der Waals surface area contributed by atoms with E-state index in [1.165, 1.54) is 17.5 Å². The van der Waals surface area contributed by atoms with E-state index in [2.05, 4.69) is 22.8 Å². The molecule has 2 aliphatic rings. The van der Waals surface area contributed by atoms with Crippen LogP contribution in [0, 0.1) is 0 Å². The van der Waals surface area contributed by atoms with E-state index in [0.717, 1.165) is 36.3 Å². The van der Waals surface area contributed by atoms with Gasteiger partial charge in [-0.1, -0.05) is 6.07 Å². The Morgan fingerprint density at radius 3 is 2.64 bits per heavy atom. The Hall–Kier alpha value is -1.88. The largest absolute Gasteiger partial charge is 0.348 e. The van der Waals surface area contributed by atoms with Crippen molar-refractivity contribution in [1.82, 2.24) is 5.32 Å². The minimum atomic E-state index is -0.0466. The number of likely N-dealkylation sites (N-methyl/N-ethyl adjacent to an activating group) is 1. The van der Waals surface area contributed by atoms with Crippen LogP contribution in [-0.2, 0) is 22.4 Å². The maximum Gasteiger partial charge on any atom is 0.279 e. The van der Waals surface area contributed by atoms with Crippen LogP contribution in [0.2, 0.25) is 0 Å². The Morgan fingerprint density at radius 1 is 1.14 bits per heavy atom. The summed E-state index contributed by atoms with van der Waals surface area (Å²) in [6.45, 7) is 0.642. The molecule has 118 valence electrons. The highest BCUT2D eigenvalue weighted by atomic mass is 16.2. The van der Waals surface area contributed by atoms with Gasteiger partial charge < -0.3 is 15.5 Å². The highest BCUT2D eigenvalue weighted by Gasteiger charge is 2.25. The van der Waals surface area contributed by atoms with Crippen molar-refractivity contribution in [2.45, 2.75) is 38.1 Å². The summed E-state index contributed by atoms with van der Waals surface area (Å²) < 4.78 is 0. The monoisotopic (exact) mass is 302 g/mol. The average molecular weight is 302 g/mol. The summed E-state index contributed by atoms with van der Waals surface area (Å²) >= 11 is 0. The Morgan fingerprint density at radius 2 is 1.86 bits per heavy atom. The fourth-order valence-electron chi connectivity index (χ4n) is 2.97. The number of benzene rings is 1. The molecule has 2 aliphatic carbocycles. The summed E-state index contributed by atoms with van der Waals surface area (Å²) in [6, 6.07) is 6.53. The van der Waals surface area contributed by atoms with Crippen LogP contribution in [-0.4, -0.2) is 38.0 Å². The van der Waals surface area contributed by atoms with E-state index in [1.54, 1.807) is 0 Å². The average Bonchev–Trinajstić information content (AvgIpc) is 3.13. The van der Waals surface area contributed by atoms with Crippen LogP contribution < -0.4 is 15.5 Å². The predicted octanol–water partition coefficient (Wildman–Crippen LogP) is -0.0929. The van der Waals surface area contributed by atoms with Crippen LogP contribution in [0.3, 0.4) is 0 Å². The third-order valence-corrected chi connectivity index (χ3v) is 4.25. The first-order valence-corrected chi connectivity index (χ1v) is 8.12. The molecule has 1 aromatic carbocycles. The van der Waals surface area contributed by atoms with E-state index >= 15 is 0 Å². The Labute approximate surface area is 131 Å². The molecule has 0 saturated heterocycles. The Balaban J connectivity index is 1.46. The Kier molecular flexibility index (Phi) is 4.43. The number of amides is 2. The molecule has 0 bridgehead atoms. The van der Waals surface area contributed by atoms with E-state index in [4.69, 9.17) is 0 Å². The molecule has 1 fully saturated rings. The molecular weight excluding hydrogens is 278 g/mol. The number of carbonyl (C=O) groups is 2. The molecule has 1 unspecified atom stereocenters. The maximum absolute atomic E-state index is 12.1. The topological polar surface area (TPSA) is 62.6 Å². The van der Waals surface area contributed by atoms with Crippen molar-refractivity contribution in [3.05, 3.63) is 29.3 Å². The minimum Gasteiger partial charge on any atom is -0.348 e. The summed E-state index contributed by atoms with van der Waals surface area (Å²) in [5, 5.41) is 5.88. The van der Waals surface area contributed by atoms with Crippen molar-refractivity contribution in [3.8, 4) is 0 Å². The van der Waals surface area contributed by atoms with Crippen molar-refractivity contribution in [3.63, 3.8) is 0 Å². The standard InChI is InChI=1S/C17H23N3O2/c1-20(10-16(21)18-14-7-8-14)11-17(22)19-15-6-5-12-3-2-4-13(12)9-15/h5-6,9,14H,2-4,7-8,10-11H2,1H3,(H,18,21)(H,19,22)/p+1. The molecule has 0 aromatic heterocycles. The molecule has 1 aromatic rings. The lowest BCUT2D eigenvalue weighted by molar-refractivity contribution is -0.862. The molecule has 5 heteroatoms. The van der Waals surface area contributed by atoms with Gasteiger partial charge in [0.25, 0.3) is 11.8 Å². The zero-order valence-electron chi connectivity index (χ0n) is 13.1. The minimum absolute atomic E-state index is 0.0327. The van der Waals surface area contributed by atoms with Gasteiger partial charge in [0, 0.05) is 11.7 Å². The summed E-state index contributed by atoms with van der Waals surface area (Å²) in [7, 11) is 1.87. The van der Waals surface area contributed by atoms with Gasteiger partial charge in [-0.25, -0.2) is 0 Å². The van der Waals surface area contributed by atoms with Gasteiger partial charge in [0.1, 0.15) is 0 Å². The first-order valence-electron chi connectivity index (χ1n) is 8.12. The summed E-state index contributed by atoms with van der Waals surface area (Å²) in [5.74, 6) is -0.0139. The van der Waals surface area contributed by atoms with Gasteiger partial charge in [-0.05, 0) is 55.4 Å². The smallest absolute Gasteiger partial charge is 0.279 e. The maximum atomic E-state index is 12.1. The number of nitrogens with one attached hydrogen (secondary N) is 3. The fourth-order valence-corrected chi connectivity index (χ4v) is 2.97. The van der Waals surface area contributed by atoms with Crippen molar-refractivity contribution in [1.29, 1.82) is 0 Å². The second-order valence-corrected chi connectivity index (χ2v) is 6.54. The van der Waals surface area contributed by atoms with Crippen molar-refractivity contribution in [2.75, 3.05) is 25.5 Å². The number of aryl methyl sites for hydroxylation is 2. The van der Waals surface area contributed by atoms with Crippen molar-refractivity contribution in [2.24, 2.45) is 0 Å². The highest BCUT2D eigenvalue weighted by Crippen LogP contribution is 2.24. The number of hydrogen-bond acceptors (Lipinski definition) is 2. The van der Waals surface area contributed by atoms with Gasteiger partial charge in [0.15, 0.2) is 13.1 Å². The molecule has 22 heavy (non-hydrogen) atoms. The van der Waals surface area contributed by atoms with E-state index < -0.39 is 0 Å². The summed E-state index contributed by atoms with van der Waals surface area (Å²) in [6.07, 6.45) is 5.63. The van der Waals surface area contributed by atoms with Gasteiger partial charge in [-0.2, -0.15) is 0 Å². The van der Waals surface area contributed by atoms with Gasteiger partial charge in [-0.15, -0.1) is 0 Å². The Bertz CT molecular complexity index is 581. The van der Waals surface area contributed by atoms with Gasteiger partial charge >= 0.3 is 0 Å². The number of quaternary nitrogens is 1. The van der Waals surface area contributed by atoms with Gasteiger partial charge in [-0.3, -0.25) is 9.59 Å². The quantitative estimate of drug-likeness (QED) is 0.687. The molecule has 1 atom stereocenters. The molecule has 0 radical (unpaired) electrons. The van der Waals surface area contributed by atoms with Gasteiger partial charge in [0.2, 0.25) is 0 Å². The fraction of sp³-hybridized carbons (Fsp3) is 0.529. The number of rotatable bonds is 6. The number of fused-ring (bicyclic) bond motifs is 1. The van der Waals surface area contributed by atoms with Crippen LogP contribution in [0.15, 0.2) is 18.2 Å². The first-order chi connectivity index (χ1) is 10.6. The third-order valence-electron chi connectivity index (χ3n) is 4.25. The number of anilines is 1. The van der Waals surface area contributed by atoms with E-state index in [1.807, 2.05) is 13.1 Å². The summed E-state index contributed by atoms with van der Waals surface area (Å²) in [5.41, 5.74) is 3.61. The lowest BCUT2D eigenvalue weighted by Gasteiger charge is -2.14. The highest BCUT2D eigenvalue weighted by molar-refractivity contribution is 5.91. The van der Waals surface area contributed by atoms with Crippen LogP contribution in [0.1, 0.15) is 30.4 Å². The summed E-state index contributed by atoms with van der Waals surface area (Å²) in [4.78, 5) is 24.7. The SMILES string of the molecule is C[NH+](CC(=O)Nc1ccc2c(c1)CCC2)CC(=O)NC1CC1. The zero-order chi connectivity index (χ0) is 15.5. The van der Waals surface area contributed by atoms with Crippen molar-refractivity contribution < 1.29 is 14.5 Å². The van der Waals surface area contributed by atoms with E-state index in [9.17, 15) is 9.59 Å². The predicted molar refractivity (Wildman–Crippen MR) is 84.9 cm³/mol. The number of carbonyl (C=O) groups excluding carboxylic acids is 2. The van der Waals surface area contributed by atoms with Crippen molar-refractivity contribution >= 4 is 17.5 Å². The molecule has 0 heterocycles. The molecule has 0 aliphatic heterocycles. The van der Waals surface area contributed by atoms with Gasteiger partial charge in [0.05, 0.1) is 7.05 Å². The zero-order valence-corrected chi connectivity index (χ0v) is 13.1. The molecule has 3 rings (SSSR count). The molecule has 1 saturated carbocycles. The van der Waals surface area contributed by atoms with E-state index in [0.29, 0.717) is 19.1 Å². The van der Waals surface area contributed by atoms with Crippen LogP contribution >= 0.6 is 0 Å². The molecule has 0 spiro atoms. The lowest BCUT2D eigenvalue weighted by Crippen LogP contribution is -3.11. The number of hydrogen-bond donors (Lipinski definition) is 3. The molecule has 5 nitrogen and oxygen atoms in total. The third kappa shape index (κ3) is 4.07. The van der Waals surface area contributed by atoms with E-state index in [-0.39, 0.29) is 11.8 Å².